The standard InChI is InChI=1S/C29H28FN5O4S/c30-22-13-21(40-26(22)14-31)17-39-28-3-1-2-23(33-28)18-6-9-34(10-7-18)16-27-32-24-5-4-19(29(36)37)12-25(24)35(27)15-20-8-11-38-20/h1-5,12-13,18,20H,6-11,15-17H2,(H,36,37). The topological polar surface area (TPSA) is 114 Å². The van der Waals surface area contributed by atoms with Crippen LogP contribution in [0.15, 0.2) is 42.5 Å². The number of carboxylic acids is 1. The van der Waals surface area contributed by atoms with E-state index in [1.165, 1.54) is 6.07 Å². The van der Waals surface area contributed by atoms with Crippen LogP contribution in [0.25, 0.3) is 11.0 Å². The number of carboxylic acid groups (broad SMARTS) is 1. The van der Waals surface area contributed by atoms with Crippen LogP contribution < -0.4 is 4.74 Å². The first-order valence-electron chi connectivity index (χ1n) is 13.3. The summed E-state index contributed by atoms with van der Waals surface area (Å²) in [6, 6.07) is 14.0. The number of fused-ring (bicyclic) bond motifs is 1. The third-order valence-electron chi connectivity index (χ3n) is 7.57. The maximum absolute atomic E-state index is 13.7. The van der Waals surface area contributed by atoms with Gasteiger partial charge in [-0.25, -0.2) is 19.2 Å². The summed E-state index contributed by atoms with van der Waals surface area (Å²) < 4.78 is 27.3. The molecule has 3 aromatic heterocycles. The highest BCUT2D eigenvalue weighted by Gasteiger charge is 2.26. The molecule has 9 nitrogen and oxygen atoms in total. The van der Waals surface area contributed by atoms with Crippen molar-refractivity contribution in [2.75, 3.05) is 19.7 Å². The fraction of sp³-hybridized carbons (Fsp3) is 0.379. The van der Waals surface area contributed by atoms with Crippen molar-refractivity contribution < 1.29 is 23.8 Å². The second-order valence-electron chi connectivity index (χ2n) is 10.2. The second kappa shape index (κ2) is 11.3. The Morgan fingerprint density at radius 2 is 2.02 bits per heavy atom. The number of hydrogen-bond donors (Lipinski definition) is 1. The molecule has 206 valence electrons. The third-order valence-corrected chi connectivity index (χ3v) is 8.56. The van der Waals surface area contributed by atoms with Crippen LogP contribution in [0.3, 0.4) is 0 Å². The summed E-state index contributed by atoms with van der Waals surface area (Å²) in [4.78, 5) is 24.2. The van der Waals surface area contributed by atoms with Crippen molar-refractivity contribution in [1.29, 1.82) is 5.26 Å². The van der Waals surface area contributed by atoms with Crippen LogP contribution in [0.5, 0.6) is 5.88 Å². The third kappa shape index (κ3) is 5.56. The van der Waals surface area contributed by atoms with E-state index in [4.69, 9.17) is 24.7 Å². The van der Waals surface area contributed by atoms with Crippen molar-refractivity contribution >= 4 is 28.3 Å². The lowest BCUT2D eigenvalue weighted by Crippen LogP contribution is -2.35. The number of pyridine rings is 1. The predicted octanol–water partition coefficient (Wildman–Crippen LogP) is 4.95. The number of piperidine rings is 1. The molecule has 1 aromatic carbocycles. The number of aromatic nitrogens is 3. The Bertz CT molecular complexity index is 1580. The summed E-state index contributed by atoms with van der Waals surface area (Å²) in [6.07, 6.45) is 2.99. The number of nitriles is 1. The summed E-state index contributed by atoms with van der Waals surface area (Å²) in [5.41, 5.74) is 2.85. The fourth-order valence-electron chi connectivity index (χ4n) is 5.30. The highest BCUT2D eigenvalue weighted by atomic mass is 32.1. The molecule has 1 unspecified atom stereocenters. The lowest BCUT2D eigenvalue weighted by Gasteiger charge is -2.32. The van der Waals surface area contributed by atoms with E-state index in [-0.39, 0.29) is 23.2 Å². The van der Waals surface area contributed by atoms with Crippen LogP contribution in [0.1, 0.15) is 56.8 Å². The summed E-state index contributed by atoms with van der Waals surface area (Å²) in [5, 5.41) is 18.4. The summed E-state index contributed by atoms with van der Waals surface area (Å²) in [7, 11) is 0. The highest BCUT2D eigenvalue weighted by Crippen LogP contribution is 2.30. The van der Waals surface area contributed by atoms with Crippen LogP contribution in [0, 0.1) is 17.1 Å². The molecule has 1 N–H and O–H groups in total. The summed E-state index contributed by atoms with van der Waals surface area (Å²) in [5.74, 6) is 0.236. The van der Waals surface area contributed by atoms with Crippen molar-refractivity contribution in [3.63, 3.8) is 0 Å². The number of benzene rings is 1. The Morgan fingerprint density at radius 1 is 1.20 bits per heavy atom. The number of nitrogens with zero attached hydrogens (tertiary/aromatic N) is 5. The van der Waals surface area contributed by atoms with Gasteiger partial charge in [-0.2, -0.15) is 5.26 Å². The van der Waals surface area contributed by atoms with Gasteiger partial charge in [-0.1, -0.05) is 6.07 Å². The van der Waals surface area contributed by atoms with E-state index in [0.717, 1.165) is 72.8 Å². The van der Waals surface area contributed by atoms with Crippen LogP contribution in [-0.4, -0.2) is 56.3 Å². The molecular weight excluding hydrogens is 533 g/mol. The van der Waals surface area contributed by atoms with Crippen molar-refractivity contribution in [2.45, 2.75) is 51.0 Å². The van der Waals surface area contributed by atoms with Gasteiger partial charge in [0.2, 0.25) is 5.88 Å². The first-order valence-corrected chi connectivity index (χ1v) is 14.1. The zero-order valence-corrected chi connectivity index (χ0v) is 22.6. The van der Waals surface area contributed by atoms with Crippen LogP contribution in [0.4, 0.5) is 4.39 Å². The average Bonchev–Trinajstić information content (AvgIpc) is 3.48. The molecule has 2 saturated heterocycles. The predicted molar refractivity (Wildman–Crippen MR) is 146 cm³/mol. The molecule has 0 amide bonds. The monoisotopic (exact) mass is 561 g/mol. The fourth-order valence-corrected chi connectivity index (χ4v) is 6.04. The molecule has 0 radical (unpaired) electrons. The molecule has 40 heavy (non-hydrogen) atoms. The number of hydrogen-bond acceptors (Lipinski definition) is 8. The second-order valence-corrected chi connectivity index (χ2v) is 11.3. The lowest BCUT2D eigenvalue weighted by molar-refractivity contribution is -0.0592. The Hall–Kier alpha value is -3.85. The lowest BCUT2D eigenvalue weighted by atomic mass is 9.93. The van der Waals surface area contributed by atoms with Gasteiger partial charge in [-0.3, -0.25) is 4.90 Å². The molecule has 4 aromatic rings. The smallest absolute Gasteiger partial charge is 0.335 e. The zero-order chi connectivity index (χ0) is 27.6. The van der Waals surface area contributed by atoms with Gasteiger partial charge < -0.3 is 19.1 Å². The minimum atomic E-state index is -0.949. The SMILES string of the molecule is N#Cc1sc(COc2cccc(C3CCN(Cc4nc5ccc(C(=O)O)cc5n4CC4CCO4)CC3)n2)cc1F. The Balaban J connectivity index is 1.10. The zero-order valence-electron chi connectivity index (χ0n) is 21.8. The van der Waals surface area contributed by atoms with Gasteiger partial charge in [0, 0.05) is 29.2 Å². The molecule has 5 heterocycles. The Labute approximate surface area is 234 Å². The molecule has 0 aliphatic carbocycles. The summed E-state index contributed by atoms with van der Waals surface area (Å²) >= 11 is 1.09. The number of imidazole rings is 1. The maximum atomic E-state index is 13.7. The molecule has 11 heteroatoms. The largest absolute Gasteiger partial charge is 0.478 e. The van der Waals surface area contributed by atoms with E-state index < -0.39 is 11.8 Å². The Kier molecular flexibility index (Phi) is 7.47. The number of thiophene rings is 1. The minimum Gasteiger partial charge on any atom is -0.478 e. The van der Waals surface area contributed by atoms with Crippen molar-refractivity contribution in [1.82, 2.24) is 19.4 Å². The number of ether oxygens (including phenoxy) is 2. The molecule has 0 saturated carbocycles. The number of halogens is 1. The van der Waals surface area contributed by atoms with Gasteiger partial charge >= 0.3 is 5.97 Å². The number of rotatable bonds is 9. The quantitative estimate of drug-likeness (QED) is 0.305. The number of likely N-dealkylation sites (tertiary alicyclic amines) is 1. The minimum absolute atomic E-state index is 0.0593. The molecular formula is C29H28FN5O4S. The van der Waals surface area contributed by atoms with Crippen molar-refractivity contribution in [3.05, 3.63) is 75.1 Å². The molecule has 2 aliphatic heterocycles. The number of carbonyl (C=O) groups is 1. The van der Waals surface area contributed by atoms with Gasteiger partial charge in [0.1, 0.15) is 23.4 Å². The molecule has 2 fully saturated rings. The van der Waals surface area contributed by atoms with Crippen LogP contribution in [0.2, 0.25) is 0 Å². The van der Waals surface area contributed by atoms with Gasteiger partial charge in [-0.15, -0.1) is 11.3 Å². The normalized spacial score (nSPS) is 17.9. The van der Waals surface area contributed by atoms with E-state index in [1.54, 1.807) is 24.3 Å². The van der Waals surface area contributed by atoms with Crippen LogP contribution >= 0.6 is 11.3 Å². The van der Waals surface area contributed by atoms with Crippen molar-refractivity contribution in [3.8, 4) is 11.9 Å². The van der Waals surface area contributed by atoms with E-state index in [1.807, 2.05) is 18.2 Å². The van der Waals surface area contributed by atoms with Gasteiger partial charge in [0.05, 0.1) is 35.8 Å². The molecule has 0 spiro atoms. The van der Waals surface area contributed by atoms with Gasteiger partial charge in [-0.05, 0) is 62.7 Å². The first kappa shape index (κ1) is 26.4. The molecule has 0 bridgehead atoms. The molecule has 6 rings (SSSR count). The van der Waals surface area contributed by atoms with E-state index >= 15 is 0 Å². The van der Waals surface area contributed by atoms with E-state index in [0.29, 0.717) is 29.8 Å². The number of aromatic carboxylic acids is 1. The van der Waals surface area contributed by atoms with Gasteiger partial charge in [0.15, 0.2) is 5.82 Å². The maximum Gasteiger partial charge on any atom is 0.335 e. The summed E-state index contributed by atoms with van der Waals surface area (Å²) in [6.45, 7) is 4.03. The van der Waals surface area contributed by atoms with Crippen molar-refractivity contribution in [2.24, 2.45) is 0 Å². The van der Waals surface area contributed by atoms with E-state index in [9.17, 15) is 14.3 Å². The average molecular weight is 562 g/mol. The van der Waals surface area contributed by atoms with E-state index in [2.05, 4.69) is 9.47 Å². The molecule has 2 aliphatic rings. The molecule has 1 atom stereocenters. The van der Waals surface area contributed by atoms with Crippen LogP contribution in [-0.2, 0) is 24.4 Å². The Morgan fingerprint density at radius 3 is 2.73 bits per heavy atom. The van der Waals surface area contributed by atoms with Gasteiger partial charge in [0.25, 0.3) is 0 Å². The first-order chi connectivity index (χ1) is 19.5. The highest BCUT2D eigenvalue weighted by molar-refractivity contribution is 7.12.